The lowest BCUT2D eigenvalue weighted by molar-refractivity contribution is -0.138. The number of carbonyl (C=O) groups excluding carboxylic acids is 2. The normalized spacial score (nSPS) is 11.6. The van der Waals surface area contributed by atoms with Gasteiger partial charge in [-0.25, -0.2) is 0 Å². The fraction of sp³-hybridized carbons (Fsp3) is 0.250. The summed E-state index contributed by atoms with van der Waals surface area (Å²) in [4.78, 5) is 34.7. The second-order valence-corrected chi connectivity index (χ2v) is 14.6. The predicted octanol–water partition coefficient (Wildman–Crippen LogP) is -0.600. The molecule has 0 aliphatic heterocycles. The number of benzene rings is 3. The molecule has 3 rings (SSSR count). The van der Waals surface area contributed by atoms with Crippen LogP contribution in [-0.4, -0.2) is 59.7 Å². The van der Waals surface area contributed by atoms with E-state index in [0.717, 1.165) is 12.6 Å². The van der Waals surface area contributed by atoms with E-state index in [1.165, 1.54) is 37.5 Å². The molecule has 0 radical (unpaired) electrons. The molecule has 0 spiro atoms. The maximum atomic E-state index is 12.4. The van der Waals surface area contributed by atoms with Crippen LogP contribution in [0.4, 0.5) is 0 Å². The summed E-state index contributed by atoms with van der Waals surface area (Å²) >= 11 is 0. The highest BCUT2D eigenvalue weighted by Gasteiger charge is 2.44. The summed E-state index contributed by atoms with van der Waals surface area (Å²) in [5.41, 5.74) is 5.77. The fourth-order valence-corrected chi connectivity index (χ4v) is 10.4. The molecule has 39 heavy (non-hydrogen) atoms. The molecule has 3 aromatic carbocycles. The number of nitrogens with two attached hydrogens (primary N) is 1. The van der Waals surface area contributed by atoms with Crippen LogP contribution in [0.25, 0.3) is 0 Å². The Morgan fingerprint density at radius 1 is 0.795 bits per heavy atom. The number of carboxylic acids is 1. The monoisotopic (exact) mass is 649 g/mol. The van der Waals surface area contributed by atoms with Crippen molar-refractivity contribution in [1.82, 2.24) is 10.6 Å². The van der Waals surface area contributed by atoms with Gasteiger partial charge in [0.2, 0.25) is 11.8 Å². The van der Waals surface area contributed by atoms with Crippen molar-refractivity contribution in [3.8, 4) is 0 Å². The van der Waals surface area contributed by atoms with Gasteiger partial charge in [-0.05, 0) is 42.8 Å². The topological polar surface area (TPSA) is 122 Å². The van der Waals surface area contributed by atoms with Crippen molar-refractivity contribution >= 4 is 62.5 Å². The fourth-order valence-electron chi connectivity index (χ4n) is 4.06. The maximum Gasteiger partial charge on any atom is 0.322 e. The highest BCUT2D eigenvalue weighted by molar-refractivity contribution is 8.76. The van der Waals surface area contributed by atoms with Crippen molar-refractivity contribution in [2.75, 3.05) is 30.8 Å². The molecule has 0 aliphatic rings. The van der Waals surface area contributed by atoms with Gasteiger partial charge in [0.1, 0.15) is 29.7 Å². The Morgan fingerprint density at radius 3 is 1.74 bits per heavy atom. The predicted molar refractivity (Wildman–Crippen MR) is 161 cm³/mol. The van der Waals surface area contributed by atoms with E-state index in [2.05, 4.69) is 83.4 Å². The Kier molecular flexibility index (Phi) is 14.6. The molecule has 0 saturated carbocycles. The second-order valence-electron chi connectivity index (χ2n) is 8.51. The zero-order chi connectivity index (χ0) is 27.2. The van der Waals surface area contributed by atoms with E-state index in [0.29, 0.717) is 6.54 Å². The number of aliphatic carboxylic acids is 1. The van der Waals surface area contributed by atoms with Gasteiger partial charge in [-0.1, -0.05) is 76.2 Å². The molecule has 0 saturated heterocycles. The molecule has 3 aromatic rings. The van der Waals surface area contributed by atoms with Gasteiger partial charge >= 0.3 is 5.97 Å². The summed E-state index contributed by atoms with van der Waals surface area (Å²) in [6.45, 7) is 0.102. The van der Waals surface area contributed by atoms with Crippen molar-refractivity contribution in [2.45, 2.75) is 12.5 Å². The smallest absolute Gasteiger partial charge is 0.322 e. The highest BCUT2D eigenvalue weighted by Crippen LogP contribution is 2.55. The van der Waals surface area contributed by atoms with Crippen molar-refractivity contribution in [1.29, 1.82) is 0 Å². The van der Waals surface area contributed by atoms with Crippen LogP contribution in [0.2, 0.25) is 0 Å². The minimum absolute atomic E-state index is 0. The van der Waals surface area contributed by atoms with Gasteiger partial charge in [0.05, 0.1) is 18.0 Å². The lowest BCUT2D eigenvalue weighted by Crippen LogP contribution is -3.00. The number of amides is 2. The maximum absolute atomic E-state index is 12.4. The molecule has 5 N–H and O–H groups in total. The first-order chi connectivity index (χ1) is 18.4. The van der Waals surface area contributed by atoms with Gasteiger partial charge in [-0.3, -0.25) is 14.4 Å². The van der Waals surface area contributed by atoms with Crippen LogP contribution in [0, 0.1) is 0 Å². The standard InChI is InChI=1S/C28H32N3O4PS2.BrH/c29-25(28(35)31-19-27(33)34)20-37-38-21-26(32)30-17-10-18-36(22-11-4-1-5-12-22,23-13-6-2-7-14-23)24-15-8-3-9-16-24;/h1-9,11-16,25H,10,17-21,29H2,(H2-,30,31,32,33,34,35);1H/t25-;/m0./s1. The van der Waals surface area contributed by atoms with Gasteiger partial charge in [-0.15, -0.1) is 0 Å². The Labute approximate surface area is 248 Å². The van der Waals surface area contributed by atoms with Crippen LogP contribution in [0.15, 0.2) is 91.0 Å². The largest absolute Gasteiger partial charge is 1.00 e. The van der Waals surface area contributed by atoms with Gasteiger partial charge in [-0.2, -0.15) is 0 Å². The van der Waals surface area contributed by atoms with Crippen LogP contribution in [0.3, 0.4) is 0 Å². The van der Waals surface area contributed by atoms with E-state index in [-0.39, 0.29) is 34.4 Å². The number of nitrogens with one attached hydrogen (secondary N) is 2. The summed E-state index contributed by atoms with van der Waals surface area (Å²) in [6.07, 6.45) is 1.75. The third kappa shape index (κ3) is 9.96. The lowest BCUT2D eigenvalue weighted by Gasteiger charge is -2.27. The van der Waals surface area contributed by atoms with Gasteiger partial charge < -0.3 is 38.5 Å². The minimum atomic E-state index is -1.92. The Hall–Kier alpha value is -2.36. The lowest BCUT2D eigenvalue weighted by atomic mass is 10.3. The zero-order valence-corrected chi connectivity index (χ0v) is 25.5. The first kappa shape index (κ1) is 32.8. The molecule has 0 bridgehead atoms. The van der Waals surface area contributed by atoms with E-state index < -0.39 is 31.7 Å². The van der Waals surface area contributed by atoms with Gasteiger partial charge in [0, 0.05) is 12.3 Å². The summed E-state index contributed by atoms with van der Waals surface area (Å²) in [6, 6.07) is 31.1. The Balaban J connectivity index is 0.00000533. The summed E-state index contributed by atoms with van der Waals surface area (Å²) in [5, 5.41) is 17.8. The molecule has 0 aromatic heterocycles. The second kappa shape index (κ2) is 17.4. The van der Waals surface area contributed by atoms with E-state index >= 15 is 0 Å². The SMILES string of the molecule is N[C@@H](CSSCC(=O)NCCC[P+](c1ccccc1)(c1ccccc1)c1ccccc1)C(=O)NCC(=O)O.[Br-]. The van der Waals surface area contributed by atoms with Crippen LogP contribution in [0.5, 0.6) is 0 Å². The molecule has 11 heteroatoms. The summed E-state index contributed by atoms with van der Waals surface area (Å²) < 4.78 is 0. The average Bonchev–Trinajstić information content (AvgIpc) is 2.95. The number of hydrogen-bond acceptors (Lipinski definition) is 6. The summed E-state index contributed by atoms with van der Waals surface area (Å²) in [7, 11) is 0.716. The minimum Gasteiger partial charge on any atom is -1.00 e. The third-order valence-electron chi connectivity index (χ3n) is 5.85. The summed E-state index contributed by atoms with van der Waals surface area (Å²) in [5.74, 6) is -1.20. The number of halogens is 1. The molecule has 208 valence electrons. The third-order valence-corrected chi connectivity index (χ3v) is 12.7. The highest BCUT2D eigenvalue weighted by atomic mass is 79.9. The number of hydrogen-bond donors (Lipinski definition) is 4. The first-order valence-electron chi connectivity index (χ1n) is 12.2. The van der Waals surface area contributed by atoms with Crippen LogP contribution < -0.4 is 49.3 Å². The van der Waals surface area contributed by atoms with E-state index in [1.54, 1.807) is 0 Å². The molecule has 7 nitrogen and oxygen atoms in total. The molecule has 0 heterocycles. The molecule has 1 atom stereocenters. The van der Waals surface area contributed by atoms with Crippen LogP contribution in [-0.2, 0) is 14.4 Å². The van der Waals surface area contributed by atoms with Crippen molar-refractivity contribution in [2.24, 2.45) is 5.73 Å². The molecule has 0 aliphatic carbocycles. The van der Waals surface area contributed by atoms with Crippen molar-refractivity contribution < 1.29 is 36.5 Å². The Bertz CT molecular complexity index is 1080. The average molecular weight is 651 g/mol. The number of carboxylic acid groups (broad SMARTS) is 1. The molecular formula is C28H33BrN3O4PS2. The molecule has 2 amide bonds. The van der Waals surface area contributed by atoms with E-state index in [9.17, 15) is 14.4 Å². The van der Waals surface area contributed by atoms with E-state index in [4.69, 9.17) is 10.8 Å². The molecule has 0 unspecified atom stereocenters. The molecular weight excluding hydrogens is 617 g/mol. The Morgan fingerprint density at radius 2 is 1.28 bits per heavy atom. The van der Waals surface area contributed by atoms with Crippen LogP contribution >= 0.6 is 28.9 Å². The first-order valence-corrected chi connectivity index (χ1v) is 16.7. The quantitative estimate of drug-likeness (QED) is 0.0986. The zero-order valence-electron chi connectivity index (χ0n) is 21.4. The van der Waals surface area contributed by atoms with Gasteiger partial charge in [0.15, 0.2) is 0 Å². The number of rotatable bonds is 15. The van der Waals surface area contributed by atoms with Crippen molar-refractivity contribution in [3.63, 3.8) is 0 Å². The van der Waals surface area contributed by atoms with E-state index in [1.807, 2.05) is 18.2 Å². The van der Waals surface area contributed by atoms with Crippen LogP contribution in [0.1, 0.15) is 6.42 Å². The number of carbonyl (C=O) groups is 3. The van der Waals surface area contributed by atoms with Crippen molar-refractivity contribution in [3.05, 3.63) is 91.0 Å². The molecule has 0 fully saturated rings. The van der Waals surface area contributed by atoms with Gasteiger partial charge in [0.25, 0.3) is 0 Å².